The molecule has 6 nitrogen and oxygen atoms in total. The molecule has 0 radical (unpaired) electrons. The third-order valence-electron chi connectivity index (χ3n) is 4.50. The van der Waals surface area contributed by atoms with E-state index in [1.807, 2.05) is 24.4 Å². The highest BCUT2D eigenvalue weighted by molar-refractivity contribution is 5.10. The quantitative estimate of drug-likeness (QED) is 0.692. The van der Waals surface area contributed by atoms with Crippen LogP contribution in [0, 0.1) is 0 Å². The lowest BCUT2D eigenvalue weighted by molar-refractivity contribution is 0.194. The fourth-order valence-electron chi connectivity index (χ4n) is 3.33. The molecule has 0 atom stereocenters. The number of aromatic nitrogens is 3. The molecule has 0 saturated heterocycles. The number of imidazole rings is 1. The topological polar surface area (TPSA) is 50.3 Å². The SMILES string of the molecule is CN(Cc1cccnc1)Cc1cn2c(n1)CN(Cc1ccco1)CC2. The average Bonchev–Trinajstić information content (AvgIpc) is 3.24. The highest BCUT2D eigenvalue weighted by Gasteiger charge is 2.19. The van der Waals surface area contributed by atoms with Crippen LogP contribution in [0.15, 0.2) is 53.5 Å². The van der Waals surface area contributed by atoms with Gasteiger partial charge in [0.05, 0.1) is 25.0 Å². The highest BCUT2D eigenvalue weighted by Crippen LogP contribution is 2.17. The van der Waals surface area contributed by atoms with Gasteiger partial charge < -0.3 is 8.98 Å². The first-order chi connectivity index (χ1) is 12.3. The Morgan fingerprint density at radius 2 is 2.16 bits per heavy atom. The van der Waals surface area contributed by atoms with Gasteiger partial charge in [0.25, 0.3) is 0 Å². The van der Waals surface area contributed by atoms with Crippen LogP contribution in [0.5, 0.6) is 0 Å². The molecule has 1 aliphatic heterocycles. The molecule has 0 N–H and O–H groups in total. The van der Waals surface area contributed by atoms with Crippen LogP contribution >= 0.6 is 0 Å². The molecule has 6 heteroatoms. The van der Waals surface area contributed by atoms with Gasteiger partial charge in [-0.15, -0.1) is 0 Å². The van der Waals surface area contributed by atoms with Crippen molar-refractivity contribution in [3.05, 3.63) is 72.0 Å². The first-order valence-electron chi connectivity index (χ1n) is 8.63. The van der Waals surface area contributed by atoms with Gasteiger partial charge in [-0.1, -0.05) is 6.07 Å². The molecule has 3 aromatic rings. The minimum Gasteiger partial charge on any atom is -0.468 e. The molecule has 0 spiro atoms. The number of furan rings is 1. The Labute approximate surface area is 147 Å². The second kappa shape index (κ2) is 7.21. The molecule has 1 aliphatic rings. The summed E-state index contributed by atoms with van der Waals surface area (Å²) in [5.74, 6) is 2.15. The molecule has 0 amide bonds. The van der Waals surface area contributed by atoms with Crippen LogP contribution in [-0.2, 0) is 32.7 Å². The number of hydrogen-bond donors (Lipinski definition) is 0. The third kappa shape index (κ3) is 3.97. The standard InChI is InChI=1S/C19H23N5O/c1-22(11-16-4-2-6-20-10-16)12-17-13-24-8-7-23(15-19(24)21-17)14-18-5-3-9-25-18/h2-6,9-10,13H,7-8,11-12,14-15H2,1H3. The highest BCUT2D eigenvalue weighted by atomic mass is 16.3. The Morgan fingerprint density at radius 1 is 1.20 bits per heavy atom. The van der Waals surface area contributed by atoms with Crippen molar-refractivity contribution in [3.63, 3.8) is 0 Å². The van der Waals surface area contributed by atoms with Gasteiger partial charge in [0.2, 0.25) is 0 Å². The predicted octanol–water partition coefficient (Wildman–Crippen LogP) is 2.52. The first-order valence-corrected chi connectivity index (χ1v) is 8.63. The second-order valence-electron chi connectivity index (χ2n) is 6.67. The Balaban J connectivity index is 1.36. The van der Waals surface area contributed by atoms with Gasteiger partial charge in [-0.3, -0.25) is 14.8 Å². The van der Waals surface area contributed by atoms with Gasteiger partial charge in [0, 0.05) is 44.8 Å². The van der Waals surface area contributed by atoms with Crippen molar-refractivity contribution < 1.29 is 4.42 Å². The molecule has 4 rings (SSSR count). The number of nitrogens with zero attached hydrogens (tertiary/aromatic N) is 5. The Bertz CT molecular complexity index is 797. The van der Waals surface area contributed by atoms with Crippen LogP contribution < -0.4 is 0 Å². The summed E-state index contributed by atoms with van der Waals surface area (Å²) < 4.78 is 7.74. The summed E-state index contributed by atoms with van der Waals surface area (Å²) in [7, 11) is 2.12. The van der Waals surface area contributed by atoms with Crippen molar-refractivity contribution in [2.45, 2.75) is 32.7 Å². The smallest absolute Gasteiger partial charge is 0.123 e. The van der Waals surface area contributed by atoms with Crippen LogP contribution in [0.25, 0.3) is 0 Å². The van der Waals surface area contributed by atoms with E-state index in [4.69, 9.17) is 9.40 Å². The molecular formula is C19H23N5O. The molecule has 0 aliphatic carbocycles. The first kappa shape index (κ1) is 16.1. The summed E-state index contributed by atoms with van der Waals surface area (Å²) in [6, 6.07) is 8.05. The summed E-state index contributed by atoms with van der Waals surface area (Å²) in [5, 5.41) is 0. The van der Waals surface area contributed by atoms with E-state index in [-0.39, 0.29) is 0 Å². The Morgan fingerprint density at radius 3 is 2.96 bits per heavy atom. The van der Waals surface area contributed by atoms with E-state index >= 15 is 0 Å². The molecule has 0 bridgehead atoms. The van der Waals surface area contributed by atoms with E-state index in [1.54, 1.807) is 12.5 Å². The zero-order valence-corrected chi connectivity index (χ0v) is 14.5. The van der Waals surface area contributed by atoms with Gasteiger partial charge in [-0.05, 0) is 30.8 Å². The van der Waals surface area contributed by atoms with Crippen molar-refractivity contribution in [2.24, 2.45) is 0 Å². The van der Waals surface area contributed by atoms with E-state index in [9.17, 15) is 0 Å². The van der Waals surface area contributed by atoms with Crippen LogP contribution in [-0.4, -0.2) is 37.9 Å². The van der Waals surface area contributed by atoms with Crippen LogP contribution in [0.2, 0.25) is 0 Å². The Kier molecular flexibility index (Phi) is 4.63. The summed E-state index contributed by atoms with van der Waals surface area (Å²) in [5.41, 5.74) is 2.35. The average molecular weight is 337 g/mol. The molecule has 25 heavy (non-hydrogen) atoms. The predicted molar refractivity (Wildman–Crippen MR) is 94.5 cm³/mol. The van der Waals surface area contributed by atoms with Crippen molar-refractivity contribution in [2.75, 3.05) is 13.6 Å². The Hall–Kier alpha value is -2.44. The van der Waals surface area contributed by atoms with Crippen LogP contribution in [0.3, 0.4) is 0 Å². The maximum Gasteiger partial charge on any atom is 0.123 e. The molecular weight excluding hydrogens is 314 g/mol. The summed E-state index contributed by atoms with van der Waals surface area (Å²) >= 11 is 0. The minimum atomic E-state index is 0.840. The lowest BCUT2D eigenvalue weighted by atomic mass is 10.2. The summed E-state index contributed by atoms with van der Waals surface area (Å²) in [6.45, 7) is 5.43. The number of fused-ring (bicyclic) bond motifs is 1. The van der Waals surface area contributed by atoms with Crippen LogP contribution in [0.1, 0.15) is 22.8 Å². The van der Waals surface area contributed by atoms with Gasteiger partial charge >= 0.3 is 0 Å². The molecule has 4 heterocycles. The number of hydrogen-bond acceptors (Lipinski definition) is 5. The molecule has 130 valence electrons. The van der Waals surface area contributed by atoms with Gasteiger partial charge in [-0.2, -0.15) is 0 Å². The van der Waals surface area contributed by atoms with Gasteiger partial charge in [-0.25, -0.2) is 4.98 Å². The van der Waals surface area contributed by atoms with E-state index in [2.05, 4.69) is 38.7 Å². The normalized spacial score (nSPS) is 14.8. The zero-order valence-electron chi connectivity index (χ0n) is 14.5. The van der Waals surface area contributed by atoms with E-state index in [1.165, 1.54) is 5.56 Å². The van der Waals surface area contributed by atoms with E-state index < -0.39 is 0 Å². The summed E-state index contributed by atoms with van der Waals surface area (Å²) in [4.78, 5) is 13.7. The maximum atomic E-state index is 5.46. The second-order valence-corrected chi connectivity index (χ2v) is 6.67. The fourth-order valence-corrected chi connectivity index (χ4v) is 3.33. The van der Waals surface area contributed by atoms with Gasteiger partial charge in [0.1, 0.15) is 11.6 Å². The van der Waals surface area contributed by atoms with E-state index in [0.717, 1.165) is 56.5 Å². The molecule has 0 saturated carbocycles. The lowest BCUT2D eigenvalue weighted by Crippen LogP contribution is -2.33. The molecule has 0 fully saturated rings. The van der Waals surface area contributed by atoms with Crippen molar-refractivity contribution in [1.82, 2.24) is 24.3 Å². The van der Waals surface area contributed by atoms with Crippen LogP contribution in [0.4, 0.5) is 0 Å². The van der Waals surface area contributed by atoms with E-state index in [0.29, 0.717) is 0 Å². The summed E-state index contributed by atoms with van der Waals surface area (Å²) in [6.07, 6.45) is 7.65. The minimum absolute atomic E-state index is 0.840. The van der Waals surface area contributed by atoms with Crippen molar-refractivity contribution in [3.8, 4) is 0 Å². The zero-order chi connectivity index (χ0) is 17.1. The monoisotopic (exact) mass is 337 g/mol. The molecule has 3 aromatic heterocycles. The fraction of sp³-hybridized carbons (Fsp3) is 0.368. The van der Waals surface area contributed by atoms with Gasteiger partial charge in [0.15, 0.2) is 0 Å². The molecule has 0 aromatic carbocycles. The van der Waals surface area contributed by atoms with Crippen molar-refractivity contribution in [1.29, 1.82) is 0 Å². The maximum absolute atomic E-state index is 5.46. The largest absolute Gasteiger partial charge is 0.468 e. The third-order valence-corrected chi connectivity index (χ3v) is 4.50. The number of pyridine rings is 1. The molecule has 0 unspecified atom stereocenters. The number of rotatable bonds is 6. The van der Waals surface area contributed by atoms with Crippen molar-refractivity contribution >= 4 is 0 Å². The lowest BCUT2D eigenvalue weighted by Gasteiger charge is -2.26.